The Labute approximate surface area is 185 Å². The second-order valence-corrected chi connectivity index (χ2v) is 9.53. The van der Waals surface area contributed by atoms with Crippen molar-refractivity contribution in [3.05, 3.63) is 60.2 Å². The highest BCUT2D eigenvalue weighted by Gasteiger charge is 2.38. The highest BCUT2D eigenvalue weighted by atomic mass is 32.2. The molecule has 164 valence electrons. The lowest BCUT2D eigenvalue weighted by molar-refractivity contribution is -0.127. The normalized spacial score (nSPS) is 17.0. The van der Waals surface area contributed by atoms with E-state index in [1.807, 2.05) is 6.92 Å². The molecule has 2 N–H and O–H groups in total. The first-order chi connectivity index (χ1) is 15.4. The minimum Gasteiger partial charge on any atom is -0.476 e. The van der Waals surface area contributed by atoms with Crippen LogP contribution in [-0.2, 0) is 14.8 Å². The summed E-state index contributed by atoms with van der Waals surface area (Å²) < 4.78 is 34.9. The summed E-state index contributed by atoms with van der Waals surface area (Å²) in [6.45, 7) is 2.25. The molecule has 3 aromatic carbocycles. The van der Waals surface area contributed by atoms with E-state index in [0.717, 1.165) is 6.42 Å². The Morgan fingerprint density at radius 2 is 1.97 bits per heavy atom. The van der Waals surface area contributed by atoms with Gasteiger partial charge in [0.2, 0.25) is 0 Å². The number of para-hydroxylation sites is 2. The zero-order valence-corrected chi connectivity index (χ0v) is 18.1. The molecule has 1 unspecified atom stereocenters. The van der Waals surface area contributed by atoms with Crippen LogP contribution in [0.15, 0.2) is 59.5 Å². The van der Waals surface area contributed by atoms with Gasteiger partial charge in [-0.3, -0.25) is 13.9 Å². The Morgan fingerprint density at radius 1 is 1.16 bits per heavy atom. The number of nitrogens with one attached hydrogen (secondary N) is 2. The first-order valence-corrected chi connectivity index (χ1v) is 11.8. The van der Waals surface area contributed by atoms with Gasteiger partial charge in [0.1, 0.15) is 5.75 Å². The van der Waals surface area contributed by atoms with Gasteiger partial charge in [-0.05, 0) is 36.8 Å². The summed E-state index contributed by atoms with van der Waals surface area (Å²) in [6, 6.07) is 14.9. The highest BCUT2D eigenvalue weighted by molar-refractivity contribution is 7.93. The number of hydrogen-bond acceptors (Lipinski definition) is 5. The standard InChI is InChI=1S/C23H21N3O5S/c1-2-12-24-23(28)19-13-26(17-8-3-4-9-18(17)31-19)32(29,30)20-11-10-16-21-14(20)6-5-7-15(21)22(27)25-16/h3-11,19H,2,12-13H2,1H3,(H,24,28)(H,25,27). The Bertz CT molecular complexity index is 1370. The quantitative estimate of drug-likeness (QED) is 0.621. The fraction of sp³-hybridized carbons (Fsp3) is 0.217. The van der Waals surface area contributed by atoms with Crippen molar-refractivity contribution in [2.45, 2.75) is 24.3 Å². The fourth-order valence-electron chi connectivity index (χ4n) is 4.14. The van der Waals surface area contributed by atoms with Gasteiger partial charge >= 0.3 is 0 Å². The maximum atomic E-state index is 13.9. The summed E-state index contributed by atoms with van der Waals surface area (Å²) in [7, 11) is -4.08. The van der Waals surface area contributed by atoms with E-state index in [9.17, 15) is 18.0 Å². The Kier molecular flexibility index (Phi) is 4.78. The lowest BCUT2D eigenvalue weighted by atomic mass is 10.1. The highest BCUT2D eigenvalue weighted by Crippen LogP contribution is 2.41. The van der Waals surface area contributed by atoms with Crippen molar-refractivity contribution in [1.29, 1.82) is 0 Å². The molecule has 0 aliphatic carbocycles. The number of carbonyl (C=O) groups is 2. The largest absolute Gasteiger partial charge is 0.476 e. The zero-order valence-electron chi connectivity index (χ0n) is 17.3. The van der Waals surface area contributed by atoms with E-state index in [-0.39, 0.29) is 23.3 Å². The maximum Gasteiger partial charge on any atom is 0.265 e. The predicted octanol–water partition coefficient (Wildman–Crippen LogP) is 2.89. The zero-order chi connectivity index (χ0) is 22.5. The molecule has 3 aromatic rings. The molecule has 8 nitrogen and oxygen atoms in total. The van der Waals surface area contributed by atoms with Crippen molar-refractivity contribution in [2.24, 2.45) is 0 Å². The molecule has 0 radical (unpaired) electrons. The summed E-state index contributed by atoms with van der Waals surface area (Å²) in [6.07, 6.45) is -0.226. The van der Waals surface area contributed by atoms with Gasteiger partial charge in [0.25, 0.3) is 21.8 Å². The number of hydrogen-bond donors (Lipinski definition) is 2. The van der Waals surface area contributed by atoms with Crippen molar-refractivity contribution in [3.8, 4) is 5.75 Å². The monoisotopic (exact) mass is 451 g/mol. The molecular formula is C23H21N3O5S. The smallest absolute Gasteiger partial charge is 0.265 e. The number of benzene rings is 3. The van der Waals surface area contributed by atoms with Gasteiger partial charge in [-0.1, -0.05) is 31.2 Å². The van der Waals surface area contributed by atoms with Crippen molar-refractivity contribution in [1.82, 2.24) is 5.32 Å². The van der Waals surface area contributed by atoms with Crippen LogP contribution in [0.4, 0.5) is 11.4 Å². The Hall–Kier alpha value is -3.59. The summed E-state index contributed by atoms with van der Waals surface area (Å²) in [4.78, 5) is 24.9. The number of nitrogens with zero attached hydrogens (tertiary/aromatic N) is 1. The van der Waals surface area contributed by atoms with Crippen LogP contribution in [0.25, 0.3) is 10.8 Å². The molecule has 1 atom stereocenters. The summed E-state index contributed by atoms with van der Waals surface area (Å²) >= 11 is 0. The van der Waals surface area contributed by atoms with Gasteiger partial charge in [-0.2, -0.15) is 0 Å². The van der Waals surface area contributed by atoms with Gasteiger partial charge in [0.05, 0.1) is 17.1 Å². The van der Waals surface area contributed by atoms with Crippen LogP contribution in [0.2, 0.25) is 0 Å². The number of sulfonamides is 1. The van der Waals surface area contributed by atoms with E-state index in [2.05, 4.69) is 10.6 Å². The summed E-state index contributed by atoms with van der Waals surface area (Å²) in [5.74, 6) is -0.303. The van der Waals surface area contributed by atoms with Gasteiger partial charge in [-0.15, -0.1) is 0 Å². The van der Waals surface area contributed by atoms with Crippen LogP contribution < -0.4 is 19.7 Å². The van der Waals surface area contributed by atoms with Gasteiger partial charge in [0, 0.05) is 28.6 Å². The average Bonchev–Trinajstić information content (AvgIpc) is 3.13. The van der Waals surface area contributed by atoms with E-state index >= 15 is 0 Å². The number of carbonyl (C=O) groups excluding carboxylic acids is 2. The fourth-order valence-corrected chi connectivity index (χ4v) is 5.80. The van der Waals surface area contributed by atoms with Crippen molar-refractivity contribution >= 4 is 44.0 Å². The number of fused-ring (bicyclic) bond motifs is 1. The third-order valence-electron chi connectivity index (χ3n) is 5.64. The van der Waals surface area contributed by atoms with Crippen molar-refractivity contribution in [3.63, 3.8) is 0 Å². The van der Waals surface area contributed by atoms with Crippen LogP contribution in [0, 0.1) is 0 Å². The SMILES string of the molecule is CCCNC(=O)C1CN(S(=O)(=O)c2ccc3c4c(cccc24)C(=O)N3)c2ccccc2O1. The maximum absolute atomic E-state index is 13.9. The molecule has 5 rings (SSSR count). The molecule has 32 heavy (non-hydrogen) atoms. The van der Waals surface area contributed by atoms with Crippen LogP contribution in [0.1, 0.15) is 23.7 Å². The molecule has 0 saturated heterocycles. The van der Waals surface area contributed by atoms with E-state index in [4.69, 9.17) is 4.74 Å². The van der Waals surface area contributed by atoms with Crippen LogP contribution in [0.3, 0.4) is 0 Å². The first-order valence-electron chi connectivity index (χ1n) is 10.3. The molecule has 0 aromatic heterocycles. The van der Waals surface area contributed by atoms with Crippen LogP contribution >= 0.6 is 0 Å². The van der Waals surface area contributed by atoms with Crippen molar-refractivity contribution < 1.29 is 22.7 Å². The van der Waals surface area contributed by atoms with E-state index in [0.29, 0.717) is 40.0 Å². The number of anilines is 2. The molecule has 2 amide bonds. The lowest BCUT2D eigenvalue weighted by Gasteiger charge is -2.35. The second kappa shape index (κ2) is 7.52. The molecule has 2 heterocycles. The minimum atomic E-state index is -4.08. The molecular weight excluding hydrogens is 430 g/mol. The predicted molar refractivity (Wildman–Crippen MR) is 121 cm³/mol. The number of ether oxygens (including phenoxy) is 1. The number of amides is 2. The van der Waals surface area contributed by atoms with Crippen LogP contribution in [0.5, 0.6) is 5.75 Å². The van der Waals surface area contributed by atoms with Crippen LogP contribution in [-0.4, -0.2) is 39.4 Å². The average molecular weight is 452 g/mol. The minimum absolute atomic E-state index is 0.0685. The summed E-state index contributed by atoms with van der Waals surface area (Å²) in [5.41, 5.74) is 1.39. The second-order valence-electron chi connectivity index (χ2n) is 7.69. The Morgan fingerprint density at radius 3 is 2.78 bits per heavy atom. The molecule has 0 fully saturated rings. The third-order valence-corrected chi connectivity index (χ3v) is 7.48. The summed E-state index contributed by atoms with van der Waals surface area (Å²) in [5, 5.41) is 6.57. The van der Waals surface area contributed by atoms with Gasteiger partial charge < -0.3 is 15.4 Å². The first kappa shape index (κ1) is 20.3. The number of rotatable bonds is 5. The molecule has 2 aliphatic heterocycles. The molecule has 0 bridgehead atoms. The van der Waals surface area contributed by atoms with E-state index in [1.165, 1.54) is 10.4 Å². The topological polar surface area (TPSA) is 105 Å². The lowest BCUT2D eigenvalue weighted by Crippen LogP contribution is -2.50. The van der Waals surface area contributed by atoms with Gasteiger partial charge in [0.15, 0.2) is 6.10 Å². The van der Waals surface area contributed by atoms with Crippen molar-refractivity contribution in [2.75, 3.05) is 22.7 Å². The molecule has 0 saturated carbocycles. The molecule has 9 heteroatoms. The Balaban J connectivity index is 1.63. The molecule has 2 aliphatic rings. The molecule has 0 spiro atoms. The van der Waals surface area contributed by atoms with E-state index in [1.54, 1.807) is 48.5 Å². The van der Waals surface area contributed by atoms with Gasteiger partial charge in [-0.25, -0.2) is 8.42 Å². The van der Waals surface area contributed by atoms with E-state index < -0.39 is 16.1 Å². The third kappa shape index (κ3) is 3.08.